The average molecular weight is 327 g/mol. The molecule has 1 N–H and O–H groups in total. The third kappa shape index (κ3) is 5.33. The van der Waals surface area contributed by atoms with Crippen molar-refractivity contribution < 1.29 is 20.6 Å². The van der Waals surface area contributed by atoms with Gasteiger partial charge in [-0.25, -0.2) is 0 Å². The Kier molecular flexibility index (Phi) is 8.70. The van der Waals surface area contributed by atoms with Gasteiger partial charge in [0.15, 0.2) is 0 Å². The Labute approximate surface area is 129 Å². The van der Waals surface area contributed by atoms with E-state index in [0.29, 0.717) is 6.42 Å². The summed E-state index contributed by atoms with van der Waals surface area (Å²) in [6.45, 7) is 0.100. The number of methoxy groups -OCH3 is 1. The number of allylic oxidation sites excluding steroid dienone is 2. The van der Waals surface area contributed by atoms with Crippen LogP contribution in [-0.2, 0) is 14.1 Å². The van der Waals surface area contributed by atoms with Crippen molar-refractivity contribution >= 4 is 27.0 Å². The van der Waals surface area contributed by atoms with Crippen molar-refractivity contribution in [3.05, 3.63) is 12.2 Å². The molecule has 5 atom stereocenters. The number of halogens is 1. The van der Waals surface area contributed by atoms with Crippen LogP contribution in [0, 0.1) is 11.8 Å². The van der Waals surface area contributed by atoms with Crippen molar-refractivity contribution in [3.8, 4) is 0 Å². The summed E-state index contributed by atoms with van der Waals surface area (Å²) < 4.78 is 9.88. The van der Waals surface area contributed by atoms with E-state index in [4.69, 9.17) is 16.1 Å². The van der Waals surface area contributed by atoms with E-state index in [2.05, 4.69) is 26.4 Å². The van der Waals surface area contributed by atoms with Gasteiger partial charge >= 0.3 is 5.97 Å². The average Bonchev–Trinajstić information content (AvgIpc) is 2.77. The van der Waals surface area contributed by atoms with Crippen molar-refractivity contribution in [2.75, 3.05) is 13.7 Å². The molecule has 0 saturated heterocycles. The molecular formula is C14H26ClO4P. The Bertz CT molecular complexity index is 330. The summed E-state index contributed by atoms with van der Waals surface area (Å²) in [5.41, 5.74) is 0. The van der Waals surface area contributed by atoms with E-state index in [1.54, 1.807) is 0 Å². The molecule has 118 valence electrons. The van der Waals surface area contributed by atoms with Crippen LogP contribution >= 0.6 is 21.1 Å². The summed E-state index contributed by atoms with van der Waals surface area (Å²) >= 11 is 6.33. The monoisotopic (exact) mass is 326 g/mol. The first-order chi connectivity index (χ1) is 9.63. The number of rotatable bonds is 8. The maximum atomic E-state index is 10.9. The molecule has 4 nitrogen and oxygen atoms in total. The fraction of sp³-hybridized carbons (Fsp3) is 0.786. The summed E-state index contributed by atoms with van der Waals surface area (Å²) in [7, 11) is 3.66. The van der Waals surface area contributed by atoms with Crippen LogP contribution in [0.4, 0.5) is 0 Å². The SMILES string of the molecule is COC(=O)CCC/C=C\C[C@H]1C(Cl)CC(OP)[C@@H]1CO.[3HH]. The van der Waals surface area contributed by atoms with E-state index in [1.165, 1.54) is 7.11 Å². The maximum Gasteiger partial charge on any atom is 0.305 e. The van der Waals surface area contributed by atoms with Crippen LogP contribution in [0.5, 0.6) is 0 Å². The second kappa shape index (κ2) is 9.73. The highest BCUT2D eigenvalue weighted by Gasteiger charge is 2.41. The molecule has 1 saturated carbocycles. The zero-order valence-electron chi connectivity index (χ0n) is 11.8. The van der Waals surface area contributed by atoms with Gasteiger partial charge in [-0.2, -0.15) is 0 Å². The lowest BCUT2D eigenvalue weighted by Gasteiger charge is -2.21. The van der Waals surface area contributed by atoms with E-state index in [1.807, 2.05) is 0 Å². The van der Waals surface area contributed by atoms with Crippen molar-refractivity contribution in [2.24, 2.45) is 11.8 Å². The Hall–Kier alpha value is -0.150. The number of hydrogen-bond acceptors (Lipinski definition) is 4. The lowest BCUT2D eigenvalue weighted by atomic mass is 9.92. The molecule has 0 radical (unpaired) electrons. The summed E-state index contributed by atoms with van der Waals surface area (Å²) in [6, 6.07) is 0. The van der Waals surface area contributed by atoms with Gasteiger partial charge in [0.25, 0.3) is 0 Å². The molecule has 0 aromatic heterocycles. The van der Waals surface area contributed by atoms with Crippen LogP contribution in [0.15, 0.2) is 12.2 Å². The second-order valence-electron chi connectivity index (χ2n) is 5.11. The summed E-state index contributed by atoms with van der Waals surface area (Å²) in [5, 5.41) is 9.50. The van der Waals surface area contributed by atoms with Gasteiger partial charge in [-0.1, -0.05) is 12.2 Å². The molecule has 1 fully saturated rings. The largest absolute Gasteiger partial charge is 0.469 e. The minimum atomic E-state index is -0.171. The Morgan fingerprint density at radius 3 is 2.85 bits per heavy atom. The number of alkyl halides is 1. The van der Waals surface area contributed by atoms with Crippen molar-refractivity contribution in [1.82, 2.24) is 0 Å². The van der Waals surface area contributed by atoms with Gasteiger partial charge in [-0.3, -0.25) is 4.79 Å². The smallest absolute Gasteiger partial charge is 0.305 e. The summed E-state index contributed by atoms with van der Waals surface area (Å²) in [5.74, 6) is 0.162. The highest BCUT2D eigenvalue weighted by molar-refractivity contribution is 7.09. The molecule has 1 aliphatic carbocycles. The molecule has 0 spiro atoms. The number of aliphatic hydroxyl groups is 1. The van der Waals surface area contributed by atoms with Gasteiger partial charge in [0.05, 0.1) is 13.2 Å². The first kappa shape index (κ1) is 17.9. The van der Waals surface area contributed by atoms with Gasteiger partial charge in [-0.05, 0) is 31.6 Å². The highest BCUT2D eigenvalue weighted by Crippen LogP contribution is 2.40. The van der Waals surface area contributed by atoms with E-state index < -0.39 is 0 Å². The van der Waals surface area contributed by atoms with Crippen LogP contribution in [0.3, 0.4) is 0 Å². The molecule has 20 heavy (non-hydrogen) atoms. The molecule has 1 aliphatic rings. The Morgan fingerprint density at radius 1 is 1.50 bits per heavy atom. The second-order valence-corrected chi connectivity index (χ2v) is 5.94. The number of carbonyl (C=O) groups excluding carboxylic acids is 1. The number of hydrogen-bond donors (Lipinski definition) is 1. The van der Waals surface area contributed by atoms with Crippen LogP contribution in [-0.4, -0.2) is 36.3 Å². The van der Waals surface area contributed by atoms with Crippen LogP contribution < -0.4 is 0 Å². The maximum absolute atomic E-state index is 10.9. The Morgan fingerprint density at radius 2 is 2.25 bits per heavy atom. The molecule has 0 aromatic rings. The standard InChI is InChI=1S/C14H24ClO4P.H2/c1-18-14(17)7-5-3-2-4-6-10-11(9-16)13(19-20)8-12(10)15;/h2,4,10-13,16H,3,5-9,20H2,1H3;1H/b4-2-;/t10-,11-,12?,13?;/m1./s1/i;1+2. The predicted molar refractivity (Wildman–Crippen MR) is 84.6 cm³/mol. The van der Waals surface area contributed by atoms with Gasteiger partial charge in [-0.15, -0.1) is 11.6 Å². The third-order valence-corrected chi connectivity index (χ3v) is 4.74. The zero-order chi connectivity index (χ0) is 15.0. The van der Waals surface area contributed by atoms with E-state index in [0.717, 1.165) is 25.7 Å². The van der Waals surface area contributed by atoms with E-state index >= 15 is 0 Å². The minimum absolute atomic E-state index is 0. The van der Waals surface area contributed by atoms with Crippen LogP contribution in [0.25, 0.3) is 0 Å². The third-order valence-electron chi connectivity index (χ3n) is 3.89. The fourth-order valence-electron chi connectivity index (χ4n) is 2.68. The van der Waals surface area contributed by atoms with Gasteiger partial charge in [0.1, 0.15) is 0 Å². The van der Waals surface area contributed by atoms with Gasteiger partial charge < -0.3 is 14.4 Å². The molecule has 3 unspecified atom stereocenters. The normalized spacial score (nSPS) is 30.0. The van der Waals surface area contributed by atoms with Crippen LogP contribution in [0.2, 0.25) is 0 Å². The zero-order valence-corrected chi connectivity index (χ0v) is 13.7. The molecule has 0 aliphatic heterocycles. The minimum Gasteiger partial charge on any atom is -0.469 e. The van der Waals surface area contributed by atoms with Gasteiger partial charge in [0, 0.05) is 35.2 Å². The topological polar surface area (TPSA) is 55.8 Å². The van der Waals surface area contributed by atoms with Crippen molar-refractivity contribution in [1.29, 1.82) is 0 Å². The number of carbonyl (C=O) groups is 1. The quantitative estimate of drug-likeness (QED) is 0.245. The molecular weight excluding hydrogens is 299 g/mol. The number of unbranched alkanes of at least 4 members (excludes halogenated alkanes) is 1. The lowest BCUT2D eigenvalue weighted by Crippen LogP contribution is -2.24. The molecule has 0 heterocycles. The molecule has 6 heteroatoms. The Balaban J connectivity index is 0.00000400. The summed E-state index contributed by atoms with van der Waals surface area (Å²) in [6.07, 6.45) is 7.87. The number of aliphatic hydroxyl groups excluding tert-OH is 1. The van der Waals surface area contributed by atoms with Crippen molar-refractivity contribution in [2.45, 2.75) is 43.6 Å². The first-order valence-corrected chi connectivity index (χ1v) is 7.87. The molecule has 1 rings (SSSR count). The predicted octanol–water partition coefficient (Wildman–Crippen LogP) is 2.93. The van der Waals surface area contributed by atoms with Crippen LogP contribution in [0.1, 0.15) is 33.5 Å². The fourth-order valence-corrected chi connectivity index (χ4v) is 3.46. The van der Waals surface area contributed by atoms with E-state index in [-0.39, 0.29) is 37.3 Å². The first-order valence-electron chi connectivity index (χ1n) is 6.96. The molecule has 0 amide bonds. The highest BCUT2D eigenvalue weighted by atomic mass is 35.5. The number of ether oxygens (including phenoxy) is 1. The molecule has 0 bridgehead atoms. The summed E-state index contributed by atoms with van der Waals surface area (Å²) in [4.78, 5) is 10.9. The lowest BCUT2D eigenvalue weighted by molar-refractivity contribution is -0.140. The molecule has 0 aromatic carbocycles. The van der Waals surface area contributed by atoms with Crippen molar-refractivity contribution in [3.63, 3.8) is 0 Å². The number of esters is 1. The van der Waals surface area contributed by atoms with E-state index in [9.17, 15) is 9.90 Å². The van der Waals surface area contributed by atoms with Gasteiger partial charge in [0.2, 0.25) is 0 Å².